The van der Waals surface area contributed by atoms with E-state index in [4.69, 9.17) is 4.74 Å². The molecule has 0 radical (unpaired) electrons. The third-order valence-corrected chi connectivity index (χ3v) is 3.19. The third-order valence-electron chi connectivity index (χ3n) is 3.19. The van der Waals surface area contributed by atoms with Crippen molar-refractivity contribution >= 4 is 5.90 Å². The van der Waals surface area contributed by atoms with Crippen molar-refractivity contribution in [3.8, 4) is 5.75 Å². The number of hydrogen-bond donors (Lipinski definition) is 0. The number of halogens is 10. The summed E-state index contributed by atoms with van der Waals surface area (Å²) in [7, 11) is 0. The van der Waals surface area contributed by atoms with Crippen molar-refractivity contribution in [1.82, 2.24) is 0 Å². The average molecular weight is 429 g/mol. The first kappa shape index (κ1) is 22.0. The summed E-state index contributed by atoms with van der Waals surface area (Å²) in [5.41, 5.74) is 0.249. The Morgan fingerprint density at radius 1 is 0.857 bits per heavy atom. The van der Waals surface area contributed by atoms with Gasteiger partial charge in [-0.3, -0.25) is 0 Å². The summed E-state index contributed by atoms with van der Waals surface area (Å²) < 4.78 is 139. The molecule has 0 atom stereocenters. The number of aliphatic imine (C=N–C) groups is 1. The van der Waals surface area contributed by atoms with E-state index in [0.717, 1.165) is 12.1 Å². The Hall–Kier alpha value is -2.25. The first-order valence-corrected chi connectivity index (χ1v) is 7.16. The van der Waals surface area contributed by atoms with E-state index in [-0.39, 0.29) is 18.1 Å². The molecule has 1 aromatic rings. The summed E-state index contributed by atoms with van der Waals surface area (Å²) in [4.78, 5) is 3.88. The molecule has 14 heteroatoms. The van der Waals surface area contributed by atoms with Crippen LogP contribution in [0.15, 0.2) is 29.3 Å². The highest BCUT2D eigenvalue weighted by Crippen LogP contribution is 2.47. The molecule has 0 saturated heterocycles. The maximum absolute atomic E-state index is 13.5. The van der Waals surface area contributed by atoms with Gasteiger partial charge in [0.15, 0.2) is 0 Å². The molecular weight excluding hydrogens is 420 g/mol. The van der Waals surface area contributed by atoms with Crippen LogP contribution in [0, 0.1) is 0 Å². The van der Waals surface area contributed by atoms with E-state index < -0.39 is 36.4 Å². The predicted molar refractivity (Wildman–Crippen MR) is 71.3 cm³/mol. The van der Waals surface area contributed by atoms with Gasteiger partial charge >= 0.3 is 30.7 Å². The lowest BCUT2D eigenvalue weighted by atomic mass is 10.2. The Kier molecular flexibility index (Phi) is 5.74. The standard InChI is InChI=1S/C14H9F10NO3/c15-10(16)11(17,18)12(19,20)28-14(23,24)13(21,22)27-8-3-1-7(2-4-8)9-25-5-6-26-9/h1-4,10H,5-6H2. The van der Waals surface area contributed by atoms with Crippen molar-refractivity contribution in [1.29, 1.82) is 0 Å². The van der Waals surface area contributed by atoms with Gasteiger partial charge in [0.1, 0.15) is 12.4 Å². The summed E-state index contributed by atoms with van der Waals surface area (Å²) in [5.74, 6) is -7.34. The predicted octanol–water partition coefficient (Wildman–Crippen LogP) is 4.54. The molecule has 0 fully saturated rings. The third kappa shape index (κ3) is 4.25. The molecule has 0 saturated carbocycles. The Morgan fingerprint density at radius 3 is 1.89 bits per heavy atom. The minimum absolute atomic E-state index is 0.126. The van der Waals surface area contributed by atoms with Gasteiger partial charge < -0.3 is 9.47 Å². The monoisotopic (exact) mass is 429 g/mol. The second-order valence-corrected chi connectivity index (χ2v) is 5.24. The minimum atomic E-state index is -6.63. The van der Waals surface area contributed by atoms with Gasteiger partial charge in [0.25, 0.3) is 0 Å². The average Bonchev–Trinajstić information content (AvgIpc) is 3.08. The Balaban J connectivity index is 2.15. The number of alkyl halides is 10. The molecule has 1 aliphatic heterocycles. The highest BCUT2D eigenvalue weighted by Gasteiger charge is 2.73. The summed E-state index contributed by atoms with van der Waals surface area (Å²) in [5, 5.41) is 0. The first-order valence-electron chi connectivity index (χ1n) is 7.16. The number of nitrogens with zero attached hydrogens (tertiary/aromatic N) is 1. The molecule has 0 spiro atoms. The number of rotatable bonds is 8. The van der Waals surface area contributed by atoms with Crippen molar-refractivity contribution in [3.05, 3.63) is 29.8 Å². The summed E-state index contributed by atoms with van der Waals surface area (Å²) in [6.45, 7) is 0.583. The molecule has 0 aromatic heterocycles. The molecule has 158 valence electrons. The smallest absolute Gasteiger partial charge is 0.476 e. The molecule has 1 heterocycles. The molecule has 28 heavy (non-hydrogen) atoms. The normalized spacial score (nSPS) is 16.2. The van der Waals surface area contributed by atoms with E-state index in [1.807, 2.05) is 0 Å². The van der Waals surface area contributed by atoms with Crippen LogP contribution in [0.3, 0.4) is 0 Å². The lowest BCUT2D eigenvalue weighted by molar-refractivity contribution is -0.499. The number of hydrogen-bond acceptors (Lipinski definition) is 4. The van der Waals surface area contributed by atoms with Gasteiger partial charge in [0.05, 0.1) is 6.54 Å². The lowest BCUT2D eigenvalue weighted by Crippen LogP contribution is -2.57. The molecular formula is C14H9F10NO3. The van der Waals surface area contributed by atoms with Crippen LogP contribution in [0.5, 0.6) is 5.75 Å². The fraction of sp³-hybridized carbons (Fsp3) is 0.500. The maximum atomic E-state index is 13.5. The SMILES string of the molecule is FC(F)C(F)(F)C(F)(F)OC(F)(F)C(F)(F)Oc1ccc(C2=NCCO2)cc1. The first-order chi connectivity index (χ1) is 12.7. The van der Waals surface area contributed by atoms with Gasteiger partial charge in [-0.15, -0.1) is 0 Å². The van der Waals surface area contributed by atoms with Crippen LogP contribution in [0.25, 0.3) is 0 Å². The molecule has 0 unspecified atom stereocenters. The summed E-state index contributed by atoms with van der Waals surface area (Å²) in [6.07, 6.45) is -24.1. The van der Waals surface area contributed by atoms with Gasteiger partial charge in [0.2, 0.25) is 5.90 Å². The Labute approximate surface area is 149 Å². The molecule has 0 aliphatic carbocycles. The van der Waals surface area contributed by atoms with Gasteiger partial charge in [-0.2, -0.15) is 35.1 Å². The topological polar surface area (TPSA) is 40.0 Å². The second kappa shape index (κ2) is 7.29. The van der Waals surface area contributed by atoms with Gasteiger partial charge in [0, 0.05) is 5.56 Å². The summed E-state index contributed by atoms with van der Waals surface area (Å²) >= 11 is 0. The van der Waals surface area contributed by atoms with Crippen LogP contribution in [0.4, 0.5) is 43.9 Å². The van der Waals surface area contributed by atoms with Gasteiger partial charge in [-0.05, 0) is 24.3 Å². The van der Waals surface area contributed by atoms with Crippen LogP contribution < -0.4 is 4.74 Å². The molecule has 0 amide bonds. The van der Waals surface area contributed by atoms with E-state index in [2.05, 4.69) is 14.5 Å². The van der Waals surface area contributed by atoms with Crippen molar-refractivity contribution < 1.29 is 58.1 Å². The van der Waals surface area contributed by atoms with E-state index in [0.29, 0.717) is 18.7 Å². The van der Waals surface area contributed by atoms with Crippen LogP contribution in [-0.2, 0) is 9.47 Å². The maximum Gasteiger partial charge on any atom is 0.494 e. The van der Waals surface area contributed by atoms with Crippen LogP contribution in [0.1, 0.15) is 5.56 Å². The Morgan fingerprint density at radius 2 is 1.43 bits per heavy atom. The minimum Gasteiger partial charge on any atom is -0.476 e. The van der Waals surface area contributed by atoms with Crippen LogP contribution in [0.2, 0.25) is 0 Å². The molecule has 0 N–H and O–H groups in total. The molecule has 0 bridgehead atoms. The number of benzene rings is 1. The van der Waals surface area contributed by atoms with E-state index in [1.165, 1.54) is 0 Å². The molecule has 1 aromatic carbocycles. The second-order valence-electron chi connectivity index (χ2n) is 5.24. The zero-order valence-corrected chi connectivity index (χ0v) is 13.3. The van der Waals surface area contributed by atoms with Gasteiger partial charge in [-0.1, -0.05) is 0 Å². The molecule has 2 rings (SSSR count). The largest absolute Gasteiger partial charge is 0.494 e. The van der Waals surface area contributed by atoms with Crippen LogP contribution in [-0.4, -0.2) is 49.7 Å². The van der Waals surface area contributed by atoms with E-state index >= 15 is 0 Å². The highest BCUT2D eigenvalue weighted by molar-refractivity contribution is 5.94. The van der Waals surface area contributed by atoms with Crippen molar-refractivity contribution in [2.75, 3.05) is 13.2 Å². The molecule has 1 aliphatic rings. The lowest BCUT2D eigenvalue weighted by Gasteiger charge is -2.32. The van der Waals surface area contributed by atoms with E-state index in [1.54, 1.807) is 0 Å². The van der Waals surface area contributed by atoms with Gasteiger partial charge in [-0.25, -0.2) is 18.5 Å². The van der Waals surface area contributed by atoms with Crippen molar-refractivity contribution in [2.45, 2.75) is 30.7 Å². The number of ether oxygens (including phenoxy) is 3. The molecule has 4 nitrogen and oxygen atoms in total. The zero-order valence-electron chi connectivity index (χ0n) is 13.3. The summed E-state index contributed by atoms with van der Waals surface area (Å²) in [6, 6.07) is 3.51. The quantitative estimate of drug-likeness (QED) is 0.570. The zero-order chi connectivity index (χ0) is 21.4. The highest BCUT2D eigenvalue weighted by atomic mass is 19.4. The van der Waals surface area contributed by atoms with Crippen molar-refractivity contribution in [2.24, 2.45) is 4.99 Å². The fourth-order valence-corrected chi connectivity index (χ4v) is 1.80. The van der Waals surface area contributed by atoms with Crippen molar-refractivity contribution in [3.63, 3.8) is 0 Å². The van der Waals surface area contributed by atoms with E-state index in [9.17, 15) is 43.9 Å². The Bertz CT molecular complexity index is 721. The fourth-order valence-electron chi connectivity index (χ4n) is 1.80. The van der Waals surface area contributed by atoms with Crippen LogP contribution >= 0.6 is 0 Å².